The molecule has 0 bridgehead atoms. The lowest BCUT2D eigenvalue weighted by atomic mass is 9.94. The van der Waals surface area contributed by atoms with Gasteiger partial charge in [-0.1, -0.05) is 0 Å². The van der Waals surface area contributed by atoms with E-state index in [4.69, 9.17) is 4.74 Å². The Bertz CT molecular complexity index is 424. The molecule has 1 atom stereocenters. The second kappa shape index (κ2) is 7.80. The number of imidazole rings is 1. The smallest absolute Gasteiger partial charge is 0.203 e. The molecular weight excluding hydrogens is 264 g/mol. The van der Waals surface area contributed by atoms with Gasteiger partial charge in [-0.15, -0.1) is 0 Å². The zero-order valence-corrected chi connectivity index (χ0v) is 13.9. The van der Waals surface area contributed by atoms with Crippen LogP contribution in [0.15, 0.2) is 6.20 Å². The third-order valence-corrected chi connectivity index (χ3v) is 4.31. The summed E-state index contributed by atoms with van der Waals surface area (Å²) < 4.78 is 7.45. The predicted molar refractivity (Wildman–Crippen MR) is 86.8 cm³/mol. The zero-order valence-electron chi connectivity index (χ0n) is 13.9. The molecule has 0 aromatic carbocycles. The van der Waals surface area contributed by atoms with Crippen molar-refractivity contribution in [2.24, 2.45) is 5.92 Å². The molecule has 0 spiro atoms. The molecule has 1 aliphatic rings. The number of aryl methyl sites for hydroxylation is 2. The molecule has 1 aromatic rings. The molecule has 1 unspecified atom stereocenters. The second-order valence-electron chi connectivity index (χ2n) is 6.44. The molecule has 0 saturated carbocycles. The number of rotatable bonds is 7. The van der Waals surface area contributed by atoms with Gasteiger partial charge in [-0.05, 0) is 59.2 Å². The van der Waals surface area contributed by atoms with Gasteiger partial charge in [0.2, 0.25) is 5.95 Å². The lowest BCUT2D eigenvalue weighted by Crippen LogP contribution is -2.30. The Kier molecular flexibility index (Phi) is 6.06. The van der Waals surface area contributed by atoms with Crippen molar-refractivity contribution >= 4 is 5.95 Å². The Morgan fingerprint density at radius 3 is 2.81 bits per heavy atom. The minimum atomic E-state index is 0.277. The van der Waals surface area contributed by atoms with Crippen molar-refractivity contribution in [3.63, 3.8) is 0 Å². The fourth-order valence-corrected chi connectivity index (χ4v) is 3.02. The van der Waals surface area contributed by atoms with Gasteiger partial charge in [-0.25, -0.2) is 4.98 Å². The van der Waals surface area contributed by atoms with Crippen molar-refractivity contribution in [1.82, 2.24) is 14.5 Å². The van der Waals surface area contributed by atoms with Crippen LogP contribution in [-0.2, 0) is 11.3 Å². The van der Waals surface area contributed by atoms with Crippen LogP contribution in [0.25, 0.3) is 0 Å². The molecule has 5 nitrogen and oxygen atoms in total. The van der Waals surface area contributed by atoms with Gasteiger partial charge in [-0.2, -0.15) is 0 Å². The Morgan fingerprint density at radius 1 is 1.43 bits per heavy atom. The molecule has 2 heterocycles. The standard InChI is InChI=1S/C16H30N4O/c1-13-11-20(16(17-13)18-14(2)12-21-4)10-7-15-5-8-19(3)9-6-15/h11,14-15H,5-10,12H2,1-4H3,(H,17,18). The van der Waals surface area contributed by atoms with Crippen LogP contribution in [0.4, 0.5) is 5.95 Å². The van der Waals surface area contributed by atoms with Crippen LogP contribution in [0.3, 0.4) is 0 Å². The molecule has 0 radical (unpaired) electrons. The van der Waals surface area contributed by atoms with E-state index < -0.39 is 0 Å². The van der Waals surface area contributed by atoms with Crippen LogP contribution < -0.4 is 5.32 Å². The van der Waals surface area contributed by atoms with E-state index in [-0.39, 0.29) is 6.04 Å². The SMILES string of the molecule is COCC(C)Nc1nc(C)cn1CCC1CCN(C)CC1. The summed E-state index contributed by atoms with van der Waals surface area (Å²) in [6.45, 7) is 8.40. The molecule has 5 heteroatoms. The number of nitrogens with zero attached hydrogens (tertiary/aromatic N) is 3. The van der Waals surface area contributed by atoms with E-state index in [1.807, 2.05) is 0 Å². The second-order valence-corrected chi connectivity index (χ2v) is 6.44. The molecule has 21 heavy (non-hydrogen) atoms. The topological polar surface area (TPSA) is 42.3 Å². The molecule has 1 aromatic heterocycles. The first-order valence-electron chi connectivity index (χ1n) is 8.06. The summed E-state index contributed by atoms with van der Waals surface area (Å²) in [5, 5.41) is 3.45. The summed E-state index contributed by atoms with van der Waals surface area (Å²) in [6, 6.07) is 0.277. The fraction of sp³-hybridized carbons (Fsp3) is 0.812. The summed E-state index contributed by atoms with van der Waals surface area (Å²) in [7, 11) is 3.95. The molecule has 120 valence electrons. The maximum absolute atomic E-state index is 5.18. The Labute approximate surface area is 128 Å². The Hall–Kier alpha value is -1.07. The number of aromatic nitrogens is 2. The van der Waals surface area contributed by atoms with Crippen LogP contribution in [0, 0.1) is 12.8 Å². The van der Waals surface area contributed by atoms with Crippen molar-refractivity contribution < 1.29 is 4.74 Å². The number of ether oxygens (including phenoxy) is 1. The first-order chi connectivity index (χ1) is 10.1. The quantitative estimate of drug-likeness (QED) is 0.838. The maximum Gasteiger partial charge on any atom is 0.203 e. The fourth-order valence-electron chi connectivity index (χ4n) is 3.02. The minimum Gasteiger partial charge on any atom is -0.383 e. The number of methoxy groups -OCH3 is 1. The van der Waals surface area contributed by atoms with E-state index in [0.717, 1.165) is 24.1 Å². The Morgan fingerprint density at radius 2 is 2.14 bits per heavy atom. The van der Waals surface area contributed by atoms with Crippen molar-refractivity contribution in [2.45, 2.75) is 45.7 Å². The number of likely N-dealkylation sites (tertiary alicyclic amines) is 1. The normalized spacial score (nSPS) is 18.9. The van der Waals surface area contributed by atoms with Gasteiger partial charge in [0, 0.05) is 25.9 Å². The lowest BCUT2D eigenvalue weighted by molar-refractivity contribution is 0.190. The molecular formula is C16H30N4O. The van der Waals surface area contributed by atoms with Gasteiger partial charge in [0.1, 0.15) is 0 Å². The van der Waals surface area contributed by atoms with Gasteiger partial charge in [0.25, 0.3) is 0 Å². The van der Waals surface area contributed by atoms with Crippen molar-refractivity contribution in [3.8, 4) is 0 Å². The van der Waals surface area contributed by atoms with Crippen LogP contribution in [0.2, 0.25) is 0 Å². The number of anilines is 1. The van der Waals surface area contributed by atoms with Gasteiger partial charge in [0.05, 0.1) is 12.3 Å². The third kappa shape index (κ3) is 5.00. The Balaban J connectivity index is 1.87. The molecule has 0 amide bonds. The van der Waals surface area contributed by atoms with Crippen LogP contribution in [0.1, 0.15) is 31.9 Å². The lowest BCUT2D eigenvalue weighted by Gasteiger charge is -2.29. The number of piperidine rings is 1. The van der Waals surface area contributed by atoms with E-state index in [2.05, 4.69) is 46.9 Å². The molecule has 1 fully saturated rings. The number of hydrogen-bond acceptors (Lipinski definition) is 4. The van der Waals surface area contributed by atoms with Crippen molar-refractivity contribution in [2.75, 3.05) is 39.2 Å². The van der Waals surface area contributed by atoms with E-state index in [1.54, 1.807) is 7.11 Å². The average Bonchev–Trinajstić information content (AvgIpc) is 2.78. The van der Waals surface area contributed by atoms with Crippen LogP contribution in [-0.4, -0.2) is 54.3 Å². The number of hydrogen-bond donors (Lipinski definition) is 1. The highest BCUT2D eigenvalue weighted by molar-refractivity contribution is 5.30. The summed E-state index contributed by atoms with van der Waals surface area (Å²) in [5.41, 5.74) is 1.07. The zero-order chi connectivity index (χ0) is 15.2. The van der Waals surface area contributed by atoms with Crippen LogP contribution >= 0.6 is 0 Å². The summed E-state index contributed by atoms with van der Waals surface area (Å²) in [4.78, 5) is 7.02. The molecule has 0 aliphatic carbocycles. The van der Waals surface area contributed by atoms with Gasteiger partial charge in [-0.3, -0.25) is 0 Å². The van der Waals surface area contributed by atoms with Crippen molar-refractivity contribution in [3.05, 3.63) is 11.9 Å². The van der Waals surface area contributed by atoms with E-state index >= 15 is 0 Å². The predicted octanol–water partition coefficient (Wildman–Crippen LogP) is 2.37. The van der Waals surface area contributed by atoms with Gasteiger partial charge >= 0.3 is 0 Å². The van der Waals surface area contributed by atoms with E-state index in [1.165, 1.54) is 32.4 Å². The molecule has 1 saturated heterocycles. The average molecular weight is 294 g/mol. The minimum absolute atomic E-state index is 0.277. The summed E-state index contributed by atoms with van der Waals surface area (Å²) in [6.07, 6.45) is 6.05. The number of nitrogens with one attached hydrogen (secondary N) is 1. The van der Waals surface area contributed by atoms with Crippen molar-refractivity contribution in [1.29, 1.82) is 0 Å². The summed E-state index contributed by atoms with van der Waals surface area (Å²) >= 11 is 0. The van der Waals surface area contributed by atoms with Gasteiger partial charge in [0.15, 0.2) is 0 Å². The monoisotopic (exact) mass is 294 g/mol. The third-order valence-electron chi connectivity index (χ3n) is 4.31. The highest BCUT2D eigenvalue weighted by Crippen LogP contribution is 2.21. The highest BCUT2D eigenvalue weighted by atomic mass is 16.5. The molecule has 1 N–H and O–H groups in total. The first-order valence-corrected chi connectivity index (χ1v) is 8.06. The molecule has 2 rings (SSSR count). The maximum atomic E-state index is 5.18. The van der Waals surface area contributed by atoms with Gasteiger partial charge < -0.3 is 19.5 Å². The first kappa shape index (κ1) is 16.3. The van der Waals surface area contributed by atoms with Crippen LogP contribution in [0.5, 0.6) is 0 Å². The van der Waals surface area contributed by atoms with E-state index in [0.29, 0.717) is 6.61 Å². The summed E-state index contributed by atoms with van der Waals surface area (Å²) in [5.74, 6) is 1.83. The molecule has 1 aliphatic heterocycles. The largest absolute Gasteiger partial charge is 0.383 e. The highest BCUT2D eigenvalue weighted by Gasteiger charge is 2.17. The van der Waals surface area contributed by atoms with E-state index in [9.17, 15) is 0 Å².